The molecule has 0 aliphatic rings. The first-order valence-corrected chi connectivity index (χ1v) is 4.86. The zero-order valence-electron chi connectivity index (χ0n) is 9.09. The number of hydrogen-bond donors (Lipinski definition) is 1. The Balaban J connectivity index is 3.09. The van der Waals surface area contributed by atoms with E-state index in [2.05, 4.69) is 10.1 Å². The van der Waals surface area contributed by atoms with Crippen LogP contribution in [0.4, 0.5) is 8.78 Å². The molecule has 5 heteroatoms. The van der Waals surface area contributed by atoms with Crippen LogP contribution in [0.2, 0.25) is 0 Å². The second-order valence-electron chi connectivity index (χ2n) is 3.18. The van der Waals surface area contributed by atoms with Crippen LogP contribution in [0.5, 0.6) is 0 Å². The van der Waals surface area contributed by atoms with Crippen LogP contribution in [-0.4, -0.2) is 19.6 Å². The quantitative estimate of drug-likeness (QED) is 0.800. The molecule has 3 nitrogen and oxygen atoms in total. The Morgan fingerprint density at radius 2 is 2.19 bits per heavy atom. The van der Waals surface area contributed by atoms with Gasteiger partial charge in [0.25, 0.3) is 0 Å². The van der Waals surface area contributed by atoms with Crippen LogP contribution in [0.3, 0.4) is 0 Å². The Labute approximate surface area is 92.4 Å². The van der Waals surface area contributed by atoms with E-state index < -0.39 is 23.6 Å². The Hall–Kier alpha value is -1.49. The molecule has 16 heavy (non-hydrogen) atoms. The zero-order chi connectivity index (χ0) is 12.1. The van der Waals surface area contributed by atoms with Gasteiger partial charge in [-0.05, 0) is 24.7 Å². The molecule has 1 rings (SSSR count). The van der Waals surface area contributed by atoms with E-state index >= 15 is 0 Å². The highest BCUT2D eigenvalue weighted by molar-refractivity contribution is 5.77. The number of ether oxygens (including phenoxy) is 1. The molecule has 1 N–H and O–H groups in total. The lowest BCUT2D eigenvalue weighted by Crippen LogP contribution is -2.30. The lowest BCUT2D eigenvalue weighted by Gasteiger charge is -2.16. The maximum Gasteiger partial charge on any atom is 0.327 e. The highest BCUT2D eigenvalue weighted by Crippen LogP contribution is 2.19. The van der Waals surface area contributed by atoms with Gasteiger partial charge in [0.05, 0.1) is 7.11 Å². The molecular formula is C11H13F2NO2. The van der Waals surface area contributed by atoms with Crippen LogP contribution in [0, 0.1) is 11.6 Å². The molecule has 0 aliphatic carbocycles. The van der Waals surface area contributed by atoms with Crippen LogP contribution < -0.4 is 5.32 Å². The number of halogens is 2. The van der Waals surface area contributed by atoms with Crippen molar-refractivity contribution in [2.45, 2.75) is 13.0 Å². The molecule has 0 aromatic heterocycles. The smallest absolute Gasteiger partial charge is 0.327 e. The van der Waals surface area contributed by atoms with Gasteiger partial charge in [-0.1, -0.05) is 6.92 Å². The summed E-state index contributed by atoms with van der Waals surface area (Å²) >= 11 is 0. The van der Waals surface area contributed by atoms with Gasteiger partial charge in [0, 0.05) is 5.56 Å². The van der Waals surface area contributed by atoms with Crippen molar-refractivity contribution in [2.24, 2.45) is 0 Å². The van der Waals surface area contributed by atoms with E-state index in [9.17, 15) is 13.6 Å². The fourth-order valence-corrected chi connectivity index (χ4v) is 1.38. The van der Waals surface area contributed by atoms with E-state index in [4.69, 9.17) is 0 Å². The van der Waals surface area contributed by atoms with Gasteiger partial charge in [-0.15, -0.1) is 0 Å². The number of carbonyl (C=O) groups excluding carboxylic acids is 1. The molecule has 1 aromatic carbocycles. The molecule has 1 atom stereocenters. The van der Waals surface area contributed by atoms with Crippen LogP contribution in [0.1, 0.15) is 18.5 Å². The molecule has 0 fully saturated rings. The summed E-state index contributed by atoms with van der Waals surface area (Å²) < 4.78 is 30.9. The van der Waals surface area contributed by atoms with Gasteiger partial charge in [0.1, 0.15) is 17.7 Å². The summed E-state index contributed by atoms with van der Waals surface area (Å²) in [5.74, 6) is -1.88. The average molecular weight is 229 g/mol. The normalized spacial score (nSPS) is 12.2. The van der Waals surface area contributed by atoms with E-state index in [0.29, 0.717) is 6.54 Å². The van der Waals surface area contributed by atoms with E-state index in [1.807, 2.05) is 0 Å². The van der Waals surface area contributed by atoms with Gasteiger partial charge in [-0.3, -0.25) is 0 Å². The molecule has 1 unspecified atom stereocenters. The van der Waals surface area contributed by atoms with Crippen molar-refractivity contribution in [3.05, 3.63) is 35.4 Å². The second kappa shape index (κ2) is 5.55. The summed E-state index contributed by atoms with van der Waals surface area (Å²) in [6.45, 7) is 2.20. The minimum Gasteiger partial charge on any atom is -0.468 e. The number of nitrogens with one attached hydrogen (secondary N) is 1. The number of methoxy groups -OCH3 is 1. The van der Waals surface area contributed by atoms with E-state index in [1.54, 1.807) is 6.92 Å². The fourth-order valence-electron chi connectivity index (χ4n) is 1.38. The first kappa shape index (κ1) is 12.6. The Bertz CT molecular complexity index is 382. The number of hydrogen-bond acceptors (Lipinski definition) is 3. The summed E-state index contributed by atoms with van der Waals surface area (Å²) in [7, 11) is 1.20. The predicted octanol–water partition coefficient (Wildman–Crippen LogP) is 1.79. The zero-order valence-corrected chi connectivity index (χ0v) is 9.09. The lowest BCUT2D eigenvalue weighted by atomic mass is 10.1. The average Bonchev–Trinajstić information content (AvgIpc) is 2.28. The van der Waals surface area contributed by atoms with Crippen LogP contribution >= 0.6 is 0 Å². The van der Waals surface area contributed by atoms with Crippen molar-refractivity contribution >= 4 is 5.97 Å². The molecular weight excluding hydrogens is 216 g/mol. The van der Waals surface area contributed by atoms with Crippen molar-refractivity contribution in [3.63, 3.8) is 0 Å². The molecule has 0 radical (unpaired) electrons. The SMILES string of the molecule is CCNC(C(=O)OC)c1cc(F)ccc1F. The molecule has 88 valence electrons. The molecule has 0 heterocycles. The molecule has 0 saturated heterocycles. The summed E-state index contributed by atoms with van der Waals surface area (Å²) in [4.78, 5) is 11.4. The van der Waals surface area contributed by atoms with Crippen LogP contribution in [-0.2, 0) is 9.53 Å². The maximum atomic E-state index is 13.4. The van der Waals surface area contributed by atoms with Gasteiger partial charge >= 0.3 is 5.97 Å². The Morgan fingerprint density at radius 3 is 2.75 bits per heavy atom. The van der Waals surface area contributed by atoms with E-state index in [-0.39, 0.29) is 5.56 Å². The third-order valence-corrected chi connectivity index (χ3v) is 2.11. The lowest BCUT2D eigenvalue weighted by molar-refractivity contribution is -0.143. The van der Waals surface area contributed by atoms with Crippen LogP contribution in [0.25, 0.3) is 0 Å². The number of benzene rings is 1. The molecule has 0 amide bonds. The third kappa shape index (κ3) is 2.76. The topological polar surface area (TPSA) is 38.3 Å². The predicted molar refractivity (Wildman–Crippen MR) is 54.8 cm³/mol. The Kier molecular flexibility index (Phi) is 4.37. The van der Waals surface area contributed by atoms with Gasteiger partial charge in [0.2, 0.25) is 0 Å². The van der Waals surface area contributed by atoms with Crippen molar-refractivity contribution in [2.75, 3.05) is 13.7 Å². The number of carbonyl (C=O) groups is 1. The largest absolute Gasteiger partial charge is 0.468 e. The first-order chi connectivity index (χ1) is 7.60. The number of rotatable bonds is 4. The molecule has 0 spiro atoms. The highest BCUT2D eigenvalue weighted by Gasteiger charge is 2.23. The highest BCUT2D eigenvalue weighted by atomic mass is 19.1. The van der Waals surface area contributed by atoms with E-state index in [0.717, 1.165) is 18.2 Å². The van der Waals surface area contributed by atoms with Gasteiger partial charge in [-0.25, -0.2) is 13.6 Å². The standard InChI is InChI=1S/C11H13F2NO2/c1-3-14-10(11(15)16-2)8-6-7(12)4-5-9(8)13/h4-6,10,14H,3H2,1-2H3. The van der Waals surface area contributed by atoms with Gasteiger partial charge < -0.3 is 10.1 Å². The van der Waals surface area contributed by atoms with E-state index in [1.165, 1.54) is 7.11 Å². The number of esters is 1. The van der Waals surface area contributed by atoms with Crippen molar-refractivity contribution < 1.29 is 18.3 Å². The second-order valence-corrected chi connectivity index (χ2v) is 3.18. The van der Waals surface area contributed by atoms with Crippen molar-refractivity contribution in [1.82, 2.24) is 5.32 Å². The Morgan fingerprint density at radius 1 is 1.50 bits per heavy atom. The first-order valence-electron chi connectivity index (χ1n) is 4.86. The monoisotopic (exact) mass is 229 g/mol. The molecule has 1 aromatic rings. The molecule has 0 aliphatic heterocycles. The third-order valence-electron chi connectivity index (χ3n) is 2.11. The summed E-state index contributed by atoms with van der Waals surface area (Å²) in [5, 5.41) is 2.74. The van der Waals surface area contributed by atoms with Crippen molar-refractivity contribution in [1.29, 1.82) is 0 Å². The summed E-state index contributed by atoms with van der Waals surface area (Å²) in [6, 6.07) is 1.99. The minimum absolute atomic E-state index is 0.0475. The molecule has 0 bridgehead atoms. The van der Waals surface area contributed by atoms with Crippen LogP contribution in [0.15, 0.2) is 18.2 Å². The van der Waals surface area contributed by atoms with Gasteiger partial charge in [0.15, 0.2) is 0 Å². The minimum atomic E-state index is -0.981. The fraction of sp³-hybridized carbons (Fsp3) is 0.364. The summed E-state index contributed by atoms with van der Waals surface area (Å²) in [5.41, 5.74) is -0.0475. The summed E-state index contributed by atoms with van der Waals surface area (Å²) in [6.07, 6.45) is 0. The number of likely N-dealkylation sites (N-methyl/N-ethyl adjacent to an activating group) is 1. The molecule has 0 saturated carbocycles. The van der Waals surface area contributed by atoms with Crippen molar-refractivity contribution in [3.8, 4) is 0 Å². The maximum absolute atomic E-state index is 13.4. The van der Waals surface area contributed by atoms with Gasteiger partial charge in [-0.2, -0.15) is 0 Å².